The first-order valence-corrected chi connectivity index (χ1v) is 10.0. The van der Waals surface area contributed by atoms with Crippen LogP contribution in [0.25, 0.3) is 11.3 Å². The molecular formula is C24H18FN3OS. The topological polar surface area (TPSA) is 41.3 Å². The van der Waals surface area contributed by atoms with Gasteiger partial charge in [-0.3, -0.25) is 4.98 Å². The highest BCUT2D eigenvalue weighted by molar-refractivity contribution is 7.80. The highest BCUT2D eigenvalue weighted by Gasteiger charge is 2.43. The largest absolute Gasteiger partial charge is 0.459 e. The standard InChI is InChI=1S/C24H18FN3OS/c25-17-10-4-5-12-19(17)28-23(22(27-24(28)30)18-11-6-7-15-26-18)21-14-13-20(29-21)16-8-2-1-3-9-16/h1-15,22-23H,(H,27,30)/t22-,23-/m0/s1. The second-order valence-corrected chi connectivity index (χ2v) is 7.40. The fourth-order valence-electron chi connectivity index (χ4n) is 3.82. The van der Waals surface area contributed by atoms with Crippen molar-refractivity contribution in [1.82, 2.24) is 10.3 Å². The van der Waals surface area contributed by atoms with Crippen molar-refractivity contribution in [1.29, 1.82) is 0 Å². The Labute approximate surface area is 179 Å². The zero-order valence-corrected chi connectivity index (χ0v) is 16.7. The van der Waals surface area contributed by atoms with Crippen molar-refractivity contribution in [3.63, 3.8) is 0 Å². The number of rotatable bonds is 4. The molecule has 2 aromatic heterocycles. The summed E-state index contributed by atoms with van der Waals surface area (Å²) in [6, 6.07) is 25.4. The lowest BCUT2D eigenvalue weighted by atomic mass is 10.0. The van der Waals surface area contributed by atoms with E-state index in [9.17, 15) is 4.39 Å². The molecule has 2 aromatic carbocycles. The van der Waals surface area contributed by atoms with Gasteiger partial charge in [0.15, 0.2) is 5.11 Å². The van der Waals surface area contributed by atoms with Gasteiger partial charge in [0.25, 0.3) is 0 Å². The first-order valence-electron chi connectivity index (χ1n) is 9.63. The van der Waals surface area contributed by atoms with Gasteiger partial charge in [-0.05, 0) is 48.6 Å². The molecule has 0 aliphatic carbocycles. The van der Waals surface area contributed by atoms with Crippen LogP contribution in [-0.2, 0) is 0 Å². The van der Waals surface area contributed by atoms with Crippen molar-refractivity contribution >= 4 is 23.0 Å². The number of thiocarbonyl (C=S) groups is 1. The Morgan fingerprint density at radius 3 is 2.43 bits per heavy atom. The highest BCUT2D eigenvalue weighted by atomic mass is 32.1. The summed E-state index contributed by atoms with van der Waals surface area (Å²) in [5.41, 5.74) is 2.18. The van der Waals surface area contributed by atoms with Gasteiger partial charge in [-0.25, -0.2) is 4.39 Å². The Kier molecular flexibility index (Phi) is 4.77. The average molecular weight is 415 g/mol. The molecule has 4 aromatic rings. The first-order chi connectivity index (χ1) is 14.7. The summed E-state index contributed by atoms with van der Waals surface area (Å²) in [6.07, 6.45) is 1.74. The summed E-state index contributed by atoms with van der Waals surface area (Å²) in [5, 5.41) is 3.74. The molecule has 1 fully saturated rings. The molecule has 4 nitrogen and oxygen atoms in total. The molecule has 0 bridgehead atoms. The molecular weight excluding hydrogens is 397 g/mol. The Hall–Kier alpha value is -3.51. The van der Waals surface area contributed by atoms with Crippen molar-refractivity contribution in [2.24, 2.45) is 0 Å². The van der Waals surface area contributed by atoms with E-state index in [0.717, 1.165) is 17.0 Å². The summed E-state index contributed by atoms with van der Waals surface area (Å²) < 4.78 is 21.0. The molecule has 0 radical (unpaired) electrons. The molecule has 5 rings (SSSR count). The fraction of sp³-hybridized carbons (Fsp3) is 0.0833. The molecule has 1 N–H and O–H groups in total. The van der Waals surface area contributed by atoms with Crippen LogP contribution in [0, 0.1) is 5.82 Å². The van der Waals surface area contributed by atoms with Gasteiger partial charge in [-0.1, -0.05) is 48.5 Å². The monoisotopic (exact) mass is 415 g/mol. The van der Waals surface area contributed by atoms with E-state index in [-0.39, 0.29) is 17.9 Å². The van der Waals surface area contributed by atoms with E-state index in [2.05, 4.69) is 10.3 Å². The Morgan fingerprint density at radius 1 is 0.900 bits per heavy atom. The Bertz CT molecular complexity index is 1180. The second-order valence-electron chi connectivity index (χ2n) is 7.02. The van der Waals surface area contributed by atoms with E-state index in [4.69, 9.17) is 16.6 Å². The second kappa shape index (κ2) is 7.72. The smallest absolute Gasteiger partial charge is 0.174 e. The molecule has 1 aliphatic heterocycles. The predicted octanol–water partition coefficient (Wildman–Crippen LogP) is 5.66. The maximum absolute atomic E-state index is 14.7. The van der Waals surface area contributed by atoms with Crippen LogP contribution in [0.3, 0.4) is 0 Å². The van der Waals surface area contributed by atoms with E-state index in [1.807, 2.05) is 60.7 Å². The lowest BCUT2D eigenvalue weighted by Gasteiger charge is -2.26. The maximum Gasteiger partial charge on any atom is 0.174 e. The Balaban J connectivity index is 1.62. The van der Waals surface area contributed by atoms with E-state index in [1.165, 1.54) is 6.07 Å². The minimum atomic E-state index is -0.387. The third-order valence-electron chi connectivity index (χ3n) is 5.19. The molecule has 0 amide bonds. The number of aromatic nitrogens is 1. The van der Waals surface area contributed by atoms with E-state index in [1.54, 1.807) is 29.3 Å². The minimum Gasteiger partial charge on any atom is -0.459 e. The molecule has 1 saturated heterocycles. The van der Waals surface area contributed by atoms with Crippen LogP contribution in [0.1, 0.15) is 23.5 Å². The molecule has 0 spiro atoms. The maximum atomic E-state index is 14.7. The molecule has 6 heteroatoms. The minimum absolute atomic E-state index is 0.284. The molecule has 3 heterocycles. The third-order valence-corrected chi connectivity index (χ3v) is 5.50. The molecule has 30 heavy (non-hydrogen) atoms. The van der Waals surface area contributed by atoms with Crippen LogP contribution in [0.5, 0.6) is 0 Å². The number of hydrogen-bond acceptors (Lipinski definition) is 3. The number of para-hydroxylation sites is 1. The van der Waals surface area contributed by atoms with Gasteiger partial charge in [-0.15, -0.1) is 0 Å². The number of nitrogens with zero attached hydrogens (tertiary/aromatic N) is 2. The number of benzene rings is 2. The number of anilines is 1. The van der Waals surface area contributed by atoms with Crippen molar-refractivity contribution in [2.75, 3.05) is 4.90 Å². The van der Waals surface area contributed by atoms with Crippen molar-refractivity contribution < 1.29 is 8.81 Å². The van der Waals surface area contributed by atoms with Gasteiger partial charge >= 0.3 is 0 Å². The molecule has 0 unspecified atom stereocenters. The van der Waals surface area contributed by atoms with E-state index >= 15 is 0 Å². The quantitative estimate of drug-likeness (QED) is 0.436. The summed E-state index contributed by atoms with van der Waals surface area (Å²) in [5.74, 6) is 1.08. The normalized spacial score (nSPS) is 18.4. The van der Waals surface area contributed by atoms with Crippen LogP contribution in [-0.4, -0.2) is 10.1 Å². The number of halogens is 1. The third kappa shape index (κ3) is 3.25. The summed E-state index contributed by atoms with van der Waals surface area (Å²) in [4.78, 5) is 6.28. The Morgan fingerprint density at radius 2 is 1.67 bits per heavy atom. The summed E-state index contributed by atoms with van der Waals surface area (Å²) in [7, 11) is 0. The van der Waals surface area contributed by atoms with Crippen LogP contribution >= 0.6 is 12.2 Å². The lowest BCUT2D eigenvalue weighted by molar-refractivity contribution is 0.438. The molecule has 1 aliphatic rings. The van der Waals surface area contributed by atoms with E-state index < -0.39 is 0 Å². The van der Waals surface area contributed by atoms with Gasteiger partial charge in [0.2, 0.25) is 0 Å². The predicted molar refractivity (Wildman–Crippen MR) is 118 cm³/mol. The van der Waals surface area contributed by atoms with Crippen molar-refractivity contribution in [3.05, 3.63) is 108 Å². The number of furan rings is 1. The van der Waals surface area contributed by atoms with Crippen molar-refractivity contribution in [3.8, 4) is 11.3 Å². The van der Waals surface area contributed by atoms with Gasteiger partial charge < -0.3 is 14.6 Å². The average Bonchev–Trinajstić information content (AvgIpc) is 3.40. The zero-order valence-electron chi connectivity index (χ0n) is 15.9. The van der Waals surface area contributed by atoms with Gasteiger partial charge in [0, 0.05) is 11.8 Å². The highest BCUT2D eigenvalue weighted by Crippen LogP contribution is 2.43. The van der Waals surface area contributed by atoms with Gasteiger partial charge in [-0.2, -0.15) is 0 Å². The molecule has 2 atom stereocenters. The summed E-state index contributed by atoms with van der Waals surface area (Å²) in [6.45, 7) is 0. The number of nitrogens with one attached hydrogen (secondary N) is 1. The van der Waals surface area contributed by atoms with Crippen molar-refractivity contribution in [2.45, 2.75) is 12.1 Å². The lowest BCUT2D eigenvalue weighted by Crippen LogP contribution is -2.30. The van der Waals surface area contributed by atoms with Gasteiger partial charge in [0.05, 0.1) is 17.4 Å². The zero-order chi connectivity index (χ0) is 20.5. The van der Waals surface area contributed by atoms with E-state index in [0.29, 0.717) is 16.6 Å². The van der Waals surface area contributed by atoms with Crippen LogP contribution in [0.4, 0.5) is 10.1 Å². The SMILES string of the molecule is Fc1ccccc1N1C(=S)N[C@@H](c2ccccn2)[C@@H]1c1ccc(-c2ccccc2)o1. The number of hydrogen-bond donors (Lipinski definition) is 1. The van der Waals surface area contributed by atoms with Crippen LogP contribution < -0.4 is 10.2 Å². The van der Waals surface area contributed by atoms with Crippen LogP contribution in [0.2, 0.25) is 0 Å². The van der Waals surface area contributed by atoms with Crippen LogP contribution in [0.15, 0.2) is 95.5 Å². The van der Waals surface area contributed by atoms with Gasteiger partial charge in [0.1, 0.15) is 23.4 Å². The fourth-order valence-corrected chi connectivity index (χ4v) is 4.16. The molecule has 0 saturated carbocycles. The number of pyridine rings is 1. The molecule has 148 valence electrons. The first kappa shape index (κ1) is 18.5. The summed E-state index contributed by atoms with van der Waals surface area (Å²) >= 11 is 5.62.